The Bertz CT molecular complexity index is 125. The number of rotatable bonds is 1. The van der Waals surface area contributed by atoms with Crippen molar-refractivity contribution in [1.29, 1.82) is 0 Å². The van der Waals surface area contributed by atoms with Gasteiger partial charge >= 0.3 is 0 Å². The third kappa shape index (κ3) is 2.72. The van der Waals surface area contributed by atoms with Crippen LogP contribution < -0.4 is 0 Å². The summed E-state index contributed by atoms with van der Waals surface area (Å²) in [7, 11) is 0. The average molecular weight is 176 g/mol. The van der Waals surface area contributed by atoms with Gasteiger partial charge in [-0.2, -0.15) is 0 Å². The largest absolute Gasteiger partial charge is 0.247 e. The van der Waals surface area contributed by atoms with Gasteiger partial charge in [-0.05, 0) is 31.6 Å². The van der Waals surface area contributed by atoms with Gasteiger partial charge in [0.05, 0.1) is 0 Å². The quantitative estimate of drug-likeness (QED) is 0.572. The van der Waals surface area contributed by atoms with Gasteiger partial charge in [-0.3, -0.25) is 0 Å². The normalized spacial score (nSPS) is 38.8. The van der Waals surface area contributed by atoms with Crippen molar-refractivity contribution in [3.8, 4) is 0 Å². The van der Waals surface area contributed by atoms with Gasteiger partial charge < -0.3 is 0 Å². The van der Waals surface area contributed by atoms with Crippen LogP contribution in [0.15, 0.2) is 0 Å². The molecule has 1 fully saturated rings. The highest BCUT2D eigenvalue weighted by Crippen LogP contribution is 2.28. The fourth-order valence-electron chi connectivity index (χ4n) is 1.96. The Morgan fingerprint density at radius 3 is 2.50 bits per heavy atom. The minimum Gasteiger partial charge on any atom is -0.247 e. The summed E-state index contributed by atoms with van der Waals surface area (Å²) in [5, 5.41) is 0. The van der Waals surface area contributed by atoms with Crippen LogP contribution in [0.25, 0.3) is 0 Å². The van der Waals surface area contributed by atoms with Crippen LogP contribution in [-0.2, 0) is 0 Å². The molecule has 0 amide bonds. The third-order valence-corrected chi connectivity index (χ3v) is 2.88. The van der Waals surface area contributed by atoms with Gasteiger partial charge in [0.1, 0.15) is 12.3 Å². The van der Waals surface area contributed by atoms with E-state index >= 15 is 0 Å². The van der Waals surface area contributed by atoms with Crippen molar-refractivity contribution in [1.82, 2.24) is 0 Å². The van der Waals surface area contributed by atoms with Gasteiger partial charge in [-0.25, -0.2) is 8.78 Å². The molecule has 0 radical (unpaired) electrons. The summed E-state index contributed by atoms with van der Waals surface area (Å²) >= 11 is 0. The van der Waals surface area contributed by atoms with E-state index in [0.29, 0.717) is 19.3 Å². The molecule has 0 aromatic carbocycles. The molecule has 1 aliphatic carbocycles. The minimum atomic E-state index is -0.756. The van der Waals surface area contributed by atoms with Crippen LogP contribution in [-0.4, -0.2) is 12.3 Å². The van der Waals surface area contributed by atoms with Crippen LogP contribution >= 0.6 is 0 Å². The molecule has 3 atom stereocenters. The van der Waals surface area contributed by atoms with Crippen molar-refractivity contribution in [2.24, 2.45) is 5.92 Å². The fourth-order valence-corrected chi connectivity index (χ4v) is 1.96. The second kappa shape index (κ2) is 4.78. The van der Waals surface area contributed by atoms with Crippen molar-refractivity contribution in [2.45, 2.75) is 57.8 Å². The highest BCUT2D eigenvalue weighted by atomic mass is 19.1. The van der Waals surface area contributed by atoms with Crippen molar-refractivity contribution >= 4 is 0 Å². The van der Waals surface area contributed by atoms with Crippen molar-refractivity contribution < 1.29 is 8.78 Å². The average Bonchev–Trinajstić information content (AvgIpc) is 2.06. The molecule has 72 valence electrons. The minimum absolute atomic E-state index is 0.192. The Labute approximate surface area is 73.3 Å². The predicted octanol–water partition coefficient (Wildman–Crippen LogP) is 3.65. The van der Waals surface area contributed by atoms with Crippen LogP contribution in [0.2, 0.25) is 0 Å². The maximum Gasteiger partial charge on any atom is 0.103 e. The van der Waals surface area contributed by atoms with Crippen LogP contribution in [0.4, 0.5) is 8.78 Å². The fraction of sp³-hybridized carbons (Fsp3) is 1.00. The molecule has 0 spiro atoms. The van der Waals surface area contributed by atoms with Gasteiger partial charge in [0.2, 0.25) is 0 Å². The van der Waals surface area contributed by atoms with Crippen molar-refractivity contribution in [3.05, 3.63) is 0 Å². The molecule has 2 unspecified atom stereocenters. The van der Waals surface area contributed by atoms with Crippen molar-refractivity contribution in [3.63, 3.8) is 0 Å². The number of alkyl halides is 2. The first-order valence-corrected chi connectivity index (χ1v) is 5.02. The first kappa shape index (κ1) is 9.94. The van der Waals surface area contributed by atoms with E-state index in [1.807, 2.05) is 6.92 Å². The molecule has 12 heavy (non-hydrogen) atoms. The second-order valence-electron chi connectivity index (χ2n) is 3.79. The van der Waals surface area contributed by atoms with Gasteiger partial charge in [-0.15, -0.1) is 0 Å². The van der Waals surface area contributed by atoms with Crippen LogP contribution in [0, 0.1) is 5.92 Å². The zero-order chi connectivity index (χ0) is 8.97. The highest BCUT2D eigenvalue weighted by molar-refractivity contribution is 4.74. The maximum absolute atomic E-state index is 13.3. The molecule has 0 bridgehead atoms. The number of hydrogen-bond acceptors (Lipinski definition) is 0. The number of hydrogen-bond donors (Lipinski definition) is 0. The molecule has 0 saturated heterocycles. The van der Waals surface area contributed by atoms with E-state index in [0.717, 1.165) is 19.3 Å². The molecule has 1 rings (SSSR count). The Kier molecular flexibility index (Phi) is 3.96. The second-order valence-corrected chi connectivity index (χ2v) is 3.79. The molecule has 2 heteroatoms. The molecule has 0 aromatic heterocycles. The summed E-state index contributed by atoms with van der Waals surface area (Å²) in [5.41, 5.74) is 0. The lowest BCUT2D eigenvalue weighted by Crippen LogP contribution is -2.20. The first-order chi connectivity index (χ1) is 5.74. The summed E-state index contributed by atoms with van der Waals surface area (Å²) in [6.07, 6.45) is 2.63. The molecule has 0 aliphatic heterocycles. The topological polar surface area (TPSA) is 0 Å². The van der Waals surface area contributed by atoms with Crippen LogP contribution in [0.3, 0.4) is 0 Å². The molecule has 1 saturated carbocycles. The van der Waals surface area contributed by atoms with Gasteiger partial charge in [0.15, 0.2) is 0 Å². The van der Waals surface area contributed by atoms with E-state index in [2.05, 4.69) is 0 Å². The molecule has 0 aromatic rings. The Balaban J connectivity index is 2.38. The lowest BCUT2D eigenvalue weighted by atomic mass is 9.87. The molecular weight excluding hydrogens is 158 g/mol. The smallest absolute Gasteiger partial charge is 0.103 e. The highest BCUT2D eigenvalue weighted by Gasteiger charge is 2.23. The Morgan fingerprint density at radius 1 is 1.08 bits per heavy atom. The predicted molar refractivity (Wildman–Crippen MR) is 46.7 cm³/mol. The lowest BCUT2D eigenvalue weighted by molar-refractivity contribution is 0.147. The maximum atomic E-state index is 13.3. The van der Waals surface area contributed by atoms with E-state index in [1.165, 1.54) is 0 Å². The van der Waals surface area contributed by atoms with E-state index in [9.17, 15) is 8.78 Å². The Morgan fingerprint density at radius 2 is 1.83 bits per heavy atom. The number of halogens is 2. The first-order valence-electron chi connectivity index (χ1n) is 5.02. The van der Waals surface area contributed by atoms with Gasteiger partial charge in [0.25, 0.3) is 0 Å². The molecular formula is C10H18F2. The van der Waals surface area contributed by atoms with Crippen LogP contribution in [0.1, 0.15) is 45.4 Å². The lowest BCUT2D eigenvalue weighted by Gasteiger charge is -2.23. The summed E-state index contributed by atoms with van der Waals surface area (Å²) in [4.78, 5) is 0. The summed E-state index contributed by atoms with van der Waals surface area (Å²) in [6.45, 7) is 2.02. The van der Waals surface area contributed by atoms with E-state index in [1.54, 1.807) is 0 Å². The molecule has 1 aliphatic rings. The Hall–Kier alpha value is -0.140. The third-order valence-electron chi connectivity index (χ3n) is 2.88. The van der Waals surface area contributed by atoms with Gasteiger partial charge in [-0.1, -0.05) is 19.8 Å². The van der Waals surface area contributed by atoms with E-state index < -0.39 is 12.3 Å². The summed E-state index contributed by atoms with van der Waals surface area (Å²) < 4.78 is 26.2. The molecule has 0 N–H and O–H groups in total. The SMILES string of the molecule is CC[C@@H]1CCCC(F)CCC1F. The molecule has 0 heterocycles. The zero-order valence-corrected chi connectivity index (χ0v) is 7.73. The van der Waals surface area contributed by atoms with E-state index in [4.69, 9.17) is 0 Å². The van der Waals surface area contributed by atoms with E-state index in [-0.39, 0.29) is 5.92 Å². The summed E-state index contributed by atoms with van der Waals surface area (Å²) in [5.74, 6) is 0.192. The standard InChI is InChI=1S/C10H18F2/c1-2-8-4-3-5-9(11)6-7-10(8)12/h8-10H,2-7H2,1H3/t8-,9?,10?/m1/s1. The summed E-state index contributed by atoms with van der Waals surface area (Å²) in [6, 6.07) is 0. The van der Waals surface area contributed by atoms with Gasteiger partial charge in [0, 0.05) is 0 Å². The monoisotopic (exact) mass is 176 g/mol. The zero-order valence-electron chi connectivity index (χ0n) is 7.73. The van der Waals surface area contributed by atoms with Crippen molar-refractivity contribution in [2.75, 3.05) is 0 Å². The van der Waals surface area contributed by atoms with Crippen LogP contribution in [0.5, 0.6) is 0 Å². The molecule has 0 nitrogen and oxygen atoms in total.